The van der Waals surface area contributed by atoms with Gasteiger partial charge in [0.05, 0.1) is 27.1 Å². The first-order chi connectivity index (χ1) is 11.6. The van der Waals surface area contributed by atoms with Gasteiger partial charge >= 0.3 is 0 Å². The molecule has 24 heavy (non-hydrogen) atoms. The Morgan fingerprint density at radius 1 is 1.04 bits per heavy atom. The van der Waals surface area contributed by atoms with Crippen molar-refractivity contribution in [1.82, 2.24) is 5.32 Å². The maximum Gasteiger partial charge on any atom is 0.224 e. The molecule has 1 aliphatic carbocycles. The van der Waals surface area contributed by atoms with Crippen LogP contribution in [0, 0.1) is 0 Å². The van der Waals surface area contributed by atoms with Crippen LogP contribution < -0.4 is 10.2 Å². The number of nitrogens with one attached hydrogen (secondary N) is 2. The molecule has 0 aromatic heterocycles. The molecule has 0 unspecified atom stereocenters. The summed E-state index contributed by atoms with van der Waals surface area (Å²) in [5.74, 6) is 0.137. The summed E-state index contributed by atoms with van der Waals surface area (Å²) in [6.45, 7) is 0.791. The molecule has 2 aromatic carbocycles. The van der Waals surface area contributed by atoms with Crippen LogP contribution >= 0.6 is 0 Å². The van der Waals surface area contributed by atoms with Crippen molar-refractivity contribution in [2.75, 3.05) is 20.6 Å². The Morgan fingerprint density at radius 2 is 1.75 bits per heavy atom. The molecule has 0 radical (unpaired) electrons. The van der Waals surface area contributed by atoms with E-state index in [1.807, 2.05) is 18.2 Å². The highest BCUT2D eigenvalue weighted by molar-refractivity contribution is 5.90. The third-order valence-corrected chi connectivity index (χ3v) is 5.73. The Morgan fingerprint density at radius 3 is 2.50 bits per heavy atom. The zero-order chi connectivity index (χ0) is 17.0. The van der Waals surface area contributed by atoms with Gasteiger partial charge in [-0.3, -0.25) is 4.79 Å². The summed E-state index contributed by atoms with van der Waals surface area (Å²) in [4.78, 5) is 14.0. The van der Waals surface area contributed by atoms with Gasteiger partial charge in [0.25, 0.3) is 0 Å². The van der Waals surface area contributed by atoms with Crippen molar-refractivity contribution < 1.29 is 9.69 Å². The van der Waals surface area contributed by atoms with Gasteiger partial charge in [-0.05, 0) is 29.2 Å². The fourth-order valence-corrected chi connectivity index (χ4v) is 4.03. The summed E-state index contributed by atoms with van der Waals surface area (Å²) >= 11 is 0. The van der Waals surface area contributed by atoms with E-state index in [9.17, 15) is 4.79 Å². The second-order valence-corrected chi connectivity index (χ2v) is 7.43. The van der Waals surface area contributed by atoms with Gasteiger partial charge in [0.15, 0.2) is 0 Å². The molecule has 0 atom stereocenters. The topological polar surface area (TPSA) is 33.5 Å². The van der Waals surface area contributed by atoms with E-state index >= 15 is 0 Å². The number of carbonyl (C=O) groups excluding carboxylic acids is 1. The number of rotatable bonds is 5. The number of quaternary nitrogens is 1. The zero-order valence-corrected chi connectivity index (χ0v) is 14.9. The van der Waals surface area contributed by atoms with Crippen molar-refractivity contribution in [2.24, 2.45) is 0 Å². The molecule has 0 bridgehead atoms. The first-order valence-electron chi connectivity index (χ1n) is 9.15. The van der Waals surface area contributed by atoms with Crippen LogP contribution in [0.1, 0.15) is 37.7 Å². The standard InChI is InChI=1S/C21H28N2O/c1-23(2)21(13-6-3-7-14-21)16-22-20(24)15-18-11-8-10-17-9-4-5-12-19(17)18/h4-5,8-12H,3,6-7,13-16H2,1-2H3,(H,22,24)/p+1. The average molecular weight is 325 g/mol. The van der Waals surface area contributed by atoms with Crippen LogP contribution in [-0.2, 0) is 11.2 Å². The molecular formula is C21H29N2O+. The first-order valence-corrected chi connectivity index (χ1v) is 9.15. The van der Waals surface area contributed by atoms with Gasteiger partial charge in [0.1, 0.15) is 5.54 Å². The third-order valence-electron chi connectivity index (χ3n) is 5.73. The normalized spacial score (nSPS) is 17.1. The smallest absolute Gasteiger partial charge is 0.224 e. The van der Waals surface area contributed by atoms with Gasteiger partial charge in [-0.2, -0.15) is 0 Å². The molecule has 1 fully saturated rings. The third kappa shape index (κ3) is 3.62. The van der Waals surface area contributed by atoms with Crippen LogP contribution in [0.2, 0.25) is 0 Å². The summed E-state index contributed by atoms with van der Waals surface area (Å²) in [6, 6.07) is 14.5. The van der Waals surface area contributed by atoms with E-state index in [4.69, 9.17) is 0 Å². The molecule has 2 N–H and O–H groups in total. The number of amides is 1. The first kappa shape index (κ1) is 17.0. The van der Waals surface area contributed by atoms with E-state index in [2.05, 4.69) is 43.7 Å². The molecule has 3 rings (SSSR count). The predicted molar refractivity (Wildman–Crippen MR) is 99.3 cm³/mol. The Bertz CT molecular complexity index is 697. The van der Waals surface area contributed by atoms with Crippen molar-refractivity contribution in [3.05, 3.63) is 48.0 Å². The second-order valence-electron chi connectivity index (χ2n) is 7.43. The molecular weight excluding hydrogens is 296 g/mol. The highest BCUT2D eigenvalue weighted by atomic mass is 16.1. The fraction of sp³-hybridized carbons (Fsp3) is 0.476. The Labute approximate surface area is 145 Å². The number of hydrogen-bond donors (Lipinski definition) is 2. The number of benzene rings is 2. The number of carbonyl (C=O) groups is 1. The van der Waals surface area contributed by atoms with E-state index in [0.29, 0.717) is 6.42 Å². The predicted octanol–water partition coefficient (Wildman–Crippen LogP) is 2.35. The molecule has 0 saturated heterocycles. The minimum absolute atomic E-state index is 0.137. The summed E-state index contributed by atoms with van der Waals surface area (Å²) < 4.78 is 0. The Balaban J connectivity index is 1.67. The van der Waals surface area contributed by atoms with E-state index < -0.39 is 0 Å². The lowest BCUT2D eigenvalue weighted by Gasteiger charge is -2.39. The highest BCUT2D eigenvalue weighted by Gasteiger charge is 2.38. The van der Waals surface area contributed by atoms with E-state index in [-0.39, 0.29) is 11.4 Å². The quantitative estimate of drug-likeness (QED) is 0.869. The van der Waals surface area contributed by atoms with Crippen molar-refractivity contribution in [2.45, 2.75) is 44.1 Å². The van der Waals surface area contributed by atoms with Crippen LogP contribution in [0.25, 0.3) is 10.8 Å². The van der Waals surface area contributed by atoms with Crippen molar-refractivity contribution in [1.29, 1.82) is 0 Å². The van der Waals surface area contributed by atoms with Gasteiger partial charge in [0, 0.05) is 12.8 Å². The van der Waals surface area contributed by atoms with Crippen molar-refractivity contribution >= 4 is 16.7 Å². The minimum Gasteiger partial charge on any atom is -0.350 e. The van der Waals surface area contributed by atoms with Crippen LogP contribution in [-0.4, -0.2) is 32.1 Å². The molecule has 128 valence electrons. The molecule has 0 heterocycles. The molecule has 0 aliphatic heterocycles. The maximum atomic E-state index is 12.5. The minimum atomic E-state index is 0.137. The summed E-state index contributed by atoms with van der Waals surface area (Å²) in [7, 11) is 4.45. The van der Waals surface area contributed by atoms with Gasteiger partial charge < -0.3 is 10.2 Å². The van der Waals surface area contributed by atoms with E-state index in [0.717, 1.165) is 12.1 Å². The lowest BCUT2D eigenvalue weighted by atomic mass is 9.80. The lowest BCUT2D eigenvalue weighted by Crippen LogP contribution is -3.16. The number of hydrogen-bond acceptors (Lipinski definition) is 1. The van der Waals surface area contributed by atoms with Crippen LogP contribution in [0.3, 0.4) is 0 Å². The molecule has 3 heteroatoms. The highest BCUT2D eigenvalue weighted by Crippen LogP contribution is 2.25. The van der Waals surface area contributed by atoms with Crippen LogP contribution in [0.4, 0.5) is 0 Å². The maximum absolute atomic E-state index is 12.5. The van der Waals surface area contributed by atoms with Crippen molar-refractivity contribution in [3.63, 3.8) is 0 Å². The molecule has 1 aliphatic rings. The van der Waals surface area contributed by atoms with E-state index in [1.165, 1.54) is 47.8 Å². The number of fused-ring (bicyclic) bond motifs is 1. The molecule has 1 amide bonds. The van der Waals surface area contributed by atoms with Crippen molar-refractivity contribution in [3.8, 4) is 0 Å². The summed E-state index contributed by atoms with van der Waals surface area (Å²) in [6.07, 6.45) is 6.78. The largest absolute Gasteiger partial charge is 0.350 e. The van der Waals surface area contributed by atoms with Gasteiger partial charge in [-0.15, -0.1) is 0 Å². The van der Waals surface area contributed by atoms with E-state index in [1.54, 1.807) is 0 Å². The Hall–Kier alpha value is -1.87. The fourth-order valence-electron chi connectivity index (χ4n) is 4.03. The summed E-state index contributed by atoms with van der Waals surface area (Å²) in [5, 5.41) is 5.61. The van der Waals surface area contributed by atoms with Gasteiger partial charge in [0.2, 0.25) is 5.91 Å². The van der Waals surface area contributed by atoms with Crippen LogP contribution in [0.5, 0.6) is 0 Å². The molecule has 2 aromatic rings. The lowest BCUT2D eigenvalue weighted by molar-refractivity contribution is -0.916. The summed E-state index contributed by atoms with van der Waals surface area (Å²) in [5.41, 5.74) is 1.33. The second kappa shape index (κ2) is 7.35. The van der Waals surface area contributed by atoms with Gasteiger partial charge in [-0.25, -0.2) is 0 Å². The Kier molecular flexibility index (Phi) is 5.20. The molecule has 1 saturated carbocycles. The van der Waals surface area contributed by atoms with Gasteiger partial charge in [-0.1, -0.05) is 48.9 Å². The molecule has 0 spiro atoms. The monoisotopic (exact) mass is 325 g/mol. The number of likely N-dealkylation sites (N-methyl/N-ethyl adjacent to an activating group) is 1. The SMILES string of the molecule is C[NH+](C)C1(CNC(=O)Cc2cccc3ccccc23)CCCCC1. The zero-order valence-electron chi connectivity index (χ0n) is 14.9. The molecule has 3 nitrogen and oxygen atoms in total. The average Bonchev–Trinajstić information content (AvgIpc) is 2.61. The van der Waals surface area contributed by atoms with Crippen LogP contribution in [0.15, 0.2) is 42.5 Å².